The Morgan fingerprint density at radius 1 is 1.21 bits per heavy atom. The highest BCUT2D eigenvalue weighted by Crippen LogP contribution is 2.35. The van der Waals surface area contributed by atoms with Crippen molar-refractivity contribution >= 4 is 44.5 Å². The van der Waals surface area contributed by atoms with Gasteiger partial charge in [0, 0.05) is 5.75 Å². The van der Waals surface area contributed by atoms with Crippen LogP contribution in [0.4, 0.5) is 0 Å². The lowest BCUT2D eigenvalue weighted by atomic mass is 10.3. The van der Waals surface area contributed by atoms with Gasteiger partial charge < -0.3 is 9.47 Å². The first-order valence-corrected chi connectivity index (χ1v) is 6.17. The molecular weight excluding hydrogens is 332 g/mol. The van der Waals surface area contributed by atoms with Crippen LogP contribution in [0.1, 0.15) is 0 Å². The maximum atomic E-state index is 5.46. The lowest BCUT2D eigenvalue weighted by molar-refractivity contribution is 0.340. The molecule has 0 aliphatic carbocycles. The summed E-state index contributed by atoms with van der Waals surface area (Å²) < 4.78 is 12.3. The lowest BCUT2D eigenvalue weighted by Crippen LogP contribution is -1.99. The zero-order valence-corrected chi connectivity index (χ0v) is 11.7. The van der Waals surface area contributed by atoms with E-state index >= 15 is 0 Å². The van der Waals surface area contributed by atoms with Gasteiger partial charge in [0.05, 0.1) is 22.7 Å². The van der Waals surface area contributed by atoms with Crippen LogP contribution in [0.2, 0.25) is 0 Å². The van der Waals surface area contributed by atoms with Crippen LogP contribution in [-0.2, 0) is 0 Å². The molecule has 1 aromatic rings. The Hall–Kier alpha value is 0.130. The van der Waals surface area contributed by atoms with Gasteiger partial charge in [-0.05, 0) is 44.0 Å². The first-order valence-electron chi connectivity index (χ1n) is 3.95. The summed E-state index contributed by atoms with van der Waals surface area (Å²) >= 11 is 10.9. The van der Waals surface area contributed by atoms with E-state index in [0.29, 0.717) is 12.4 Å². The molecule has 1 rings (SSSR count). The molecule has 5 heteroatoms. The third-order valence-corrected chi connectivity index (χ3v) is 2.98. The molecule has 78 valence electrons. The van der Waals surface area contributed by atoms with Gasteiger partial charge in [-0.15, -0.1) is 0 Å². The fraction of sp³-hybridized carbons (Fsp3) is 0.333. The fourth-order valence-electron chi connectivity index (χ4n) is 0.933. The fourth-order valence-corrected chi connectivity index (χ4v) is 1.95. The van der Waals surface area contributed by atoms with E-state index in [2.05, 4.69) is 44.5 Å². The molecule has 0 aliphatic heterocycles. The number of rotatable bonds is 4. The van der Waals surface area contributed by atoms with E-state index in [1.807, 2.05) is 12.1 Å². The minimum Gasteiger partial charge on any atom is -0.496 e. The molecule has 0 fully saturated rings. The van der Waals surface area contributed by atoms with Gasteiger partial charge in [0.2, 0.25) is 0 Å². The average Bonchev–Trinajstić information content (AvgIpc) is 2.18. The number of methoxy groups -OCH3 is 1. The van der Waals surface area contributed by atoms with Crippen molar-refractivity contribution in [3.05, 3.63) is 21.1 Å². The third kappa shape index (κ3) is 3.07. The van der Waals surface area contributed by atoms with Gasteiger partial charge in [0.25, 0.3) is 0 Å². The van der Waals surface area contributed by atoms with Crippen LogP contribution in [-0.4, -0.2) is 19.5 Å². The molecule has 0 heterocycles. The van der Waals surface area contributed by atoms with Gasteiger partial charge >= 0.3 is 0 Å². The van der Waals surface area contributed by atoms with Crippen molar-refractivity contribution in [2.24, 2.45) is 0 Å². The molecule has 14 heavy (non-hydrogen) atoms. The van der Waals surface area contributed by atoms with Crippen molar-refractivity contribution < 1.29 is 9.47 Å². The van der Waals surface area contributed by atoms with Gasteiger partial charge in [-0.2, -0.15) is 12.6 Å². The number of ether oxygens (including phenoxy) is 2. The molecule has 0 N–H and O–H groups in total. The Balaban J connectivity index is 2.90. The Morgan fingerprint density at radius 3 is 2.36 bits per heavy atom. The van der Waals surface area contributed by atoms with Crippen LogP contribution in [0, 0.1) is 0 Å². The Labute approximate surface area is 106 Å². The number of hydrogen-bond donors (Lipinski definition) is 1. The molecule has 0 saturated carbocycles. The molecule has 0 amide bonds. The number of thiol groups is 1. The van der Waals surface area contributed by atoms with Crippen molar-refractivity contribution in [2.45, 2.75) is 0 Å². The van der Waals surface area contributed by atoms with E-state index in [9.17, 15) is 0 Å². The maximum Gasteiger partial charge on any atom is 0.134 e. The summed E-state index contributed by atoms with van der Waals surface area (Å²) in [7, 11) is 1.63. The van der Waals surface area contributed by atoms with E-state index in [-0.39, 0.29) is 0 Å². The number of halogens is 2. The van der Waals surface area contributed by atoms with Crippen LogP contribution in [0.25, 0.3) is 0 Å². The van der Waals surface area contributed by atoms with Crippen molar-refractivity contribution in [3.63, 3.8) is 0 Å². The molecule has 0 radical (unpaired) electrons. The Morgan fingerprint density at radius 2 is 1.79 bits per heavy atom. The second kappa shape index (κ2) is 5.88. The van der Waals surface area contributed by atoms with Crippen LogP contribution < -0.4 is 9.47 Å². The van der Waals surface area contributed by atoms with Crippen molar-refractivity contribution in [2.75, 3.05) is 19.5 Å². The zero-order valence-electron chi connectivity index (χ0n) is 7.59. The molecule has 0 unspecified atom stereocenters. The van der Waals surface area contributed by atoms with Gasteiger partial charge in [-0.1, -0.05) is 0 Å². The van der Waals surface area contributed by atoms with Crippen LogP contribution in [0.5, 0.6) is 11.5 Å². The summed E-state index contributed by atoms with van der Waals surface area (Å²) in [4.78, 5) is 0. The van der Waals surface area contributed by atoms with Crippen LogP contribution >= 0.6 is 44.5 Å². The van der Waals surface area contributed by atoms with E-state index in [0.717, 1.165) is 20.4 Å². The molecule has 0 aliphatic rings. The summed E-state index contributed by atoms with van der Waals surface area (Å²) in [5.41, 5.74) is 0. The molecular formula is C9H10Br2O2S. The van der Waals surface area contributed by atoms with Crippen molar-refractivity contribution in [1.29, 1.82) is 0 Å². The summed E-state index contributed by atoms with van der Waals surface area (Å²) in [5, 5.41) is 0. The summed E-state index contributed by atoms with van der Waals surface area (Å²) in [5.74, 6) is 2.25. The van der Waals surface area contributed by atoms with E-state index in [1.165, 1.54) is 0 Å². The smallest absolute Gasteiger partial charge is 0.134 e. The van der Waals surface area contributed by atoms with E-state index in [4.69, 9.17) is 9.47 Å². The first-order chi connectivity index (χ1) is 6.69. The monoisotopic (exact) mass is 340 g/mol. The quantitative estimate of drug-likeness (QED) is 0.844. The summed E-state index contributed by atoms with van der Waals surface area (Å²) in [6, 6.07) is 3.73. The van der Waals surface area contributed by atoms with Gasteiger partial charge in [0.15, 0.2) is 0 Å². The highest BCUT2D eigenvalue weighted by molar-refractivity contribution is 9.11. The van der Waals surface area contributed by atoms with Crippen LogP contribution in [0.15, 0.2) is 21.1 Å². The second-order valence-electron chi connectivity index (χ2n) is 2.49. The minimum absolute atomic E-state index is 0.584. The molecule has 0 saturated heterocycles. The topological polar surface area (TPSA) is 18.5 Å². The number of benzene rings is 1. The predicted molar refractivity (Wildman–Crippen MR) is 67.7 cm³/mol. The minimum atomic E-state index is 0.584. The van der Waals surface area contributed by atoms with Gasteiger partial charge in [-0.3, -0.25) is 0 Å². The standard InChI is InChI=1S/C9H10Br2O2S/c1-12-8-4-7(11)9(5-6(8)10)13-2-3-14/h4-5,14H,2-3H2,1H3. The van der Waals surface area contributed by atoms with Gasteiger partial charge in [0.1, 0.15) is 11.5 Å². The van der Waals surface area contributed by atoms with Crippen molar-refractivity contribution in [3.8, 4) is 11.5 Å². The van der Waals surface area contributed by atoms with E-state index < -0.39 is 0 Å². The molecule has 0 bridgehead atoms. The Kier molecular flexibility index (Phi) is 5.12. The molecule has 0 atom stereocenters. The van der Waals surface area contributed by atoms with Gasteiger partial charge in [-0.25, -0.2) is 0 Å². The second-order valence-corrected chi connectivity index (χ2v) is 4.65. The maximum absolute atomic E-state index is 5.46. The summed E-state index contributed by atoms with van der Waals surface area (Å²) in [6.45, 7) is 0.584. The average molecular weight is 342 g/mol. The zero-order chi connectivity index (χ0) is 10.6. The highest BCUT2D eigenvalue weighted by Gasteiger charge is 2.07. The van der Waals surface area contributed by atoms with E-state index in [1.54, 1.807) is 7.11 Å². The normalized spacial score (nSPS) is 10.0. The largest absolute Gasteiger partial charge is 0.496 e. The third-order valence-electron chi connectivity index (χ3n) is 1.56. The molecule has 1 aromatic carbocycles. The summed E-state index contributed by atoms with van der Waals surface area (Å²) in [6.07, 6.45) is 0. The molecule has 0 aromatic heterocycles. The molecule has 0 spiro atoms. The predicted octanol–water partition coefficient (Wildman–Crippen LogP) is 3.53. The Bertz CT molecular complexity index is 318. The number of hydrogen-bond acceptors (Lipinski definition) is 3. The van der Waals surface area contributed by atoms with Crippen molar-refractivity contribution in [1.82, 2.24) is 0 Å². The first kappa shape index (κ1) is 12.2. The highest BCUT2D eigenvalue weighted by atomic mass is 79.9. The van der Waals surface area contributed by atoms with Crippen LogP contribution in [0.3, 0.4) is 0 Å². The molecule has 2 nitrogen and oxygen atoms in total. The lowest BCUT2D eigenvalue weighted by Gasteiger charge is -2.10. The SMILES string of the molecule is COc1cc(Br)c(OCCS)cc1Br.